The Kier molecular flexibility index (Phi) is 7.39. The van der Waals surface area contributed by atoms with Gasteiger partial charge in [-0.3, -0.25) is 10.8 Å². The van der Waals surface area contributed by atoms with E-state index >= 15 is 0 Å². The number of hydrogen-bond donors (Lipinski definition) is 5. The van der Waals surface area contributed by atoms with Crippen molar-refractivity contribution in [1.82, 2.24) is 4.90 Å². The van der Waals surface area contributed by atoms with E-state index in [4.69, 9.17) is 21.3 Å². The Bertz CT molecular complexity index is 905. The number of amidine groups is 2. The fourth-order valence-corrected chi connectivity index (χ4v) is 3.81. The number of phenols is 1. The first-order chi connectivity index (χ1) is 14.8. The van der Waals surface area contributed by atoms with Crippen molar-refractivity contribution in [3.63, 3.8) is 0 Å². The number of anilines is 1. The number of nitrogens with two attached hydrogens (primary N) is 1. The van der Waals surface area contributed by atoms with Crippen molar-refractivity contribution in [2.45, 2.75) is 39.2 Å². The fraction of sp³-hybridized carbons (Fsp3) is 0.417. The molecule has 0 bridgehead atoms. The first-order valence-corrected chi connectivity index (χ1v) is 10.8. The summed E-state index contributed by atoms with van der Waals surface area (Å²) < 4.78 is 6.11. The van der Waals surface area contributed by atoms with Gasteiger partial charge in [0, 0.05) is 43.7 Å². The molecule has 2 aromatic rings. The van der Waals surface area contributed by atoms with Crippen LogP contribution in [0.25, 0.3) is 0 Å². The van der Waals surface area contributed by atoms with Crippen molar-refractivity contribution in [3.05, 3.63) is 53.6 Å². The highest BCUT2D eigenvalue weighted by Crippen LogP contribution is 2.24. The molecule has 1 atom stereocenters. The van der Waals surface area contributed by atoms with Gasteiger partial charge in [0.25, 0.3) is 0 Å². The minimum Gasteiger partial charge on any atom is -0.508 e. The molecule has 1 unspecified atom stereocenters. The molecule has 1 aliphatic rings. The van der Waals surface area contributed by atoms with E-state index in [-0.39, 0.29) is 23.6 Å². The van der Waals surface area contributed by atoms with Gasteiger partial charge in [0.2, 0.25) is 0 Å². The molecule has 31 heavy (non-hydrogen) atoms. The van der Waals surface area contributed by atoms with Gasteiger partial charge in [-0.2, -0.15) is 0 Å². The van der Waals surface area contributed by atoms with Gasteiger partial charge in [-0.25, -0.2) is 0 Å². The third-order valence-electron chi connectivity index (χ3n) is 5.69. The third kappa shape index (κ3) is 6.38. The number of piperidine rings is 1. The van der Waals surface area contributed by atoms with E-state index in [1.54, 1.807) is 18.2 Å². The second kappa shape index (κ2) is 10.2. The molecule has 7 heteroatoms. The van der Waals surface area contributed by atoms with Crippen LogP contribution in [0, 0.1) is 16.7 Å². The van der Waals surface area contributed by atoms with Crippen LogP contribution >= 0.6 is 0 Å². The van der Waals surface area contributed by atoms with Gasteiger partial charge in [0.15, 0.2) is 0 Å². The molecular weight excluding hydrogens is 390 g/mol. The number of hydrogen-bond acceptors (Lipinski definition) is 5. The van der Waals surface area contributed by atoms with Crippen molar-refractivity contribution < 1.29 is 9.84 Å². The number of phenolic OH excluding ortho intramolecular Hbond substituents is 1. The minimum absolute atomic E-state index is 0.00438. The standard InChI is InChI=1S/C24H33N5O2/c1-16(13-19-14-18(24(26)27)3-8-23(19)30)15-28-20-4-6-21(7-5-20)31-22-9-11-29(12-10-22)17(2)25/h3-8,14,16,22,25,28,30H,9-13,15H2,1-2H3,(H3,26,27). The third-order valence-corrected chi connectivity index (χ3v) is 5.69. The van der Waals surface area contributed by atoms with Gasteiger partial charge in [0.05, 0.1) is 5.84 Å². The lowest BCUT2D eigenvalue weighted by Crippen LogP contribution is -2.40. The fourth-order valence-electron chi connectivity index (χ4n) is 3.81. The molecule has 0 radical (unpaired) electrons. The molecule has 166 valence electrons. The smallest absolute Gasteiger partial charge is 0.122 e. The molecule has 3 rings (SSSR count). The summed E-state index contributed by atoms with van der Waals surface area (Å²) >= 11 is 0. The van der Waals surface area contributed by atoms with E-state index in [2.05, 4.69) is 17.1 Å². The number of nitrogens with zero attached hydrogens (tertiary/aromatic N) is 1. The van der Waals surface area contributed by atoms with E-state index in [1.807, 2.05) is 31.2 Å². The van der Waals surface area contributed by atoms with Gasteiger partial charge < -0.3 is 25.8 Å². The molecule has 0 saturated carbocycles. The van der Waals surface area contributed by atoms with Gasteiger partial charge in [-0.15, -0.1) is 0 Å². The molecule has 7 nitrogen and oxygen atoms in total. The number of nitrogens with one attached hydrogen (secondary N) is 3. The van der Waals surface area contributed by atoms with Crippen molar-refractivity contribution >= 4 is 17.4 Å². The maximum Gasteiger partial charge on any atom is 0.122 e. The summed E-state index contributed by atoms with van der Waals surface area (Å²) in [5.74, 6) is 2.02. The summed E-state index contributed by atoms with van der Waals surface area (Å²) in [5.41, 5.74) is 8.01. The summed E-state index contributed by atoms with van der Waals surface area (Å²) in [6.45, 7) is 6.46. The molecule has 1 fully saturated rings. The minimum atomic E-state index is 0.00438. The summed E-state index contributed by atoms with van der Waals surface area (Å²) in [5, 5.41) is 28.8. The Morgan fingerprint density at radius 2 is 1.87 bits per heavy atom. The van der Waals surface area contributed by atoms with Gasteiger partial charge in [0.1, 0.15) is 23.4 Å². The number of ether oxygens (including phenoxy) is 1. The van der Waals surface area contributed by atoms with Crippen LogP contribution in [0.1, 0.15) is 37.8 Å². The summed E-state index contributed by atoms with van der Waals surface area (Å²) in [4.78, 5) is 2.09. The van der Waals surface area contributed by atoms with Crippen LogP contribution in [0.2, 0.25) is 0 Å². The molecule has 0 aliphatic carbocycles. The highest BCUT2D eigenvalue weighted by Gasteiger charge is 2.20. The average molecular weight is 424 g/mol. The highest BCUT2D eigenvalue weighted by atomic mass is 16.5. The number of nitrogen functional groups attached to an aromatic ring is 1. The van der Waals surface area contributed by atoms with E-state index in [1.165, 1.54) is 0 Å². The largest absolute Gasteiger partial charge is 0.508 e. The Hall–Kier alpha value is -3.22. The molecular formula is C24H33N5O2. The van der Waals surface area contributed by atoms with Crippen molar-refractivity contribution in [3.8, 4) is 11.5 Å². The van der Waals surface area contributed by atoms with E-state index in [9.17, 15) is 5.11 Å². The lowest BCUT2D eigenvalue weighted by molar-refractivity contribution is 0.130. The van der Waals surface area contributed by atoms with Crippen LogP contribution in [-0.4, -0.2) is 47.4 Å². The van der Waals surface area contributed by atoms with Crippen LogP contribution in [-0.2, 0) is 6.42 Å². The van der Waals surface area contributed by atoms with Gasteiger partial charge in [-0.05, 0) is 67.3 Å². The molecule has 6 N–H and O–H groups in total. The number of benzene rings is 2. The first-order valence-electron chi connectivity index (χ1n) is 10.8. The van der Waals surface area contributed by atoms with E-state index in [0.717, 1.165) is 49.5 Å². The lowest BCUT2D eigenvalue weighted by Gasteiger charge is -2.32. The number of likely N-dealkylation sites (tertiary alicyclic amines) is 1. The van der Waals surface area contributed by atoms with Crippen molar-refractivity contribution in [1.29, 1.82) is 10.8 Å². The van der Waals surface area contributed by atoms with Gasteiger partial charge in [-0.1, -0.05) is 6.92 Å². The predicted molar refractivity (Wildman–Crippen MR) is 126 cm³/mol. The molecule has 0 aromatic heterocycles. The van der Waals surface area contributed by atoms with Crippen LogP contribution in [0.3, 0.4) is 0 Å². The highest BCUT2D eigenvalue weighted by molar-refractivity contribution is 5.95. The topological polar surface area (TPSA) is 118 Å². The first kappa shape index (κ1) is 22.5. The van der Waals surface area contributed by atoms with Crippen molar-refractivity contribution in [2.24, 2.45) is 11.7 Å². The summed E-state index contributed by atoms with van der Waals surface area (Å²) in [6, 6.07) is 13.1. The predicted octanol–water partition coefficient (Wildman–Crippen LogP) is 3.81. The molecule has 0 spiro atoms. The second-order valence-electron chi connectivity index (χ2n) is 8.36. The molecule has 0 amide bonds. The quantitative estimate of drug-likeness (QED) is 0.327. The Balaban J connectivity index is 1.46. The zero-order valence-corrected chi connectivity index (χ0v) is 18.3. The Labute approximate surface area is 184 Å². The lowest BCUT2D eigenvalue weighted by atomic mass is 9.98. The summed E-state index contributed by atoms with van der Waals surface area (Å²) in [6.07, 6.45) is 2.76. The zero-order valence-electron chi connectivity index (χ0n) is 18.3. The van der Waals surface area contributed by atoms with Crippen LogP contribution in [0.5, 0.6) is 11.5 Å². The van der Waals surface area contributed by atoms with Crippen LogP contribution in [0.15, 0.2) is 42.5 Å². The average Bonchev–Trinajstić information content (AvgIpc) is 2.75. The molecule has 1 heterocycles. The molecule has 1 aliphatic heterocycles. The number of rotatable bonds is 8. The second-order valence-corrected chi connectivity index (χ2v) is 8.36. The van der Waals surface area contributed by atoms with Gasteiger partial charge >= 0.3 is 0 Å². The van der Waals surface area contributed by atoms with Crippen LogP contribution in [0.4, 0.5) is 5.69 Å². The van der Waals surface area contributed by atoms with E-state index < -0.39 is 0 Å². The zero-order chi connectivity index (χ0) is 22.4. The Morgan fingerprint density at radius 3 is 2.48 bits per heavy atom. The normalized spacial score (nSPS) is 15.4. The molecule has 2 aromatic carbocycles. The SMILES string of the molecule is CC(=N)N1CCC(Oc2ccc(NCC(C)Cc3cc(C(=N)N)ccc3O)cc2)CC1. The monoisotopic (exact) mass is 423 g/mol. The Morgan fingerprint density at radius 1 is 1.19 bits per heavy atom. The number of aromatic hydroxyl groups is 1. The van der Waals surface area contributed by atoms with Crippen LogP contribution < -0.4 is 15.8 Å². The van der Waals surface area contributed by atoms with Crippen molar-refractivity contribution in [2.75, 3.05) is 25.0 Å². The molecule has 1 saturated heterocycles. The van der Waals surface area contributed by atoms with E-state index in [0.29, 0.717) is 17.8 Å². The maximum atomic E-state index is 10.1. The maximum absolute atomic E-state index is 10.1. The summed E-state index contributed by atoms with van der Waals surface area (Å²) in [7, 11) is 0.